The van der Waals surface area contributed by atoms with Gasteiger partial charge in [-0.15, -0.1) is 0 Å². The molecule has 0 atom stereocenters. The molecule has 2 amide bonds. The van der Waals surface area contributed by atoms with Crippen LogP contribution in [0.2, 0.25) is 5.02 Å². The predicted octanol–water partition coefficient (Wildman–Crippen LogP) is 2.37. The van der Waals surface area contributed by atoms with Gasteiger partial charge in [0.05, 0.1) is 27.8 Å². The maximum absolute atomic E-state index is 12.1. The van der Waals surface area contributed by atoms with Crippen molar-refractivity contribution >= 4 is 23.4 Å². The lowest BCUT2D eigenvalue weighted by atomic mass is 10.1. The number of carbonyl (C=O) groups excluding carboxylic acids is 2. The second kappa shape index (κ2) is 8.96. The van der Waals surface area contributed by atoms with E-state index in [9.17, 15) is 9.59 Å². The number of ether oxygens (including phenoxy) is 3. The molecule has 0 heterocycles. The lowest BCUT2D eigenvalue weighted by Crippen LogP contribution is -2.42. The van der Waals surface area contributed by atoms with Crippen molar-refractivity contribution in [1.82, 2.24) is 10.9 Å². The first-order valence-electron chi connectivity index (χ1n) is 7.62. The third-order valence-corrected chi connectivity index (χ3v) is 3.73. The fourth-order valence-electron chi connectivity index (χ4n) is 2.30. The lowest BCUT2D eigenvalue weighted by Gasteiger charge is -2.14. The average molecular weight is 379 g/mol. The molecule has 0 spiro atoms. The molecule has 138 valence electrons. The molecule has 0 unspecified atom stereocenters. The number of carbonyl (C=O) groups is 2. The van der Waals surface area contributed by atoms with E-state index in [1.807, 2.05) is 0 Å². The predicted molar refractivity (Wildman–Crippen MR) is 96.9 cm³/mol. The van der Waals surface area contributed by atoms with Gasteiger partial charge in [0.1, 0.15) is 0 Å². The Morgan fingerprint density at radius 3 is 2.15 bits per heavy atom. The molecule has 0 aliphatic rings. The Bertz CT molecular complexity index is 785. The summed E-state index contributed by atoms with van der Waals surface area (Å²) in [5, 5.41) is 0.432. The van der Waals surface area contributed by atoms with E-state index in [4.69, 9.17) is 25.8 Å². The third kappa shape index (κ3) is 4.80. The van der Waals surface area contributed by atoms with Crippen LogP contribution in [0.4, 0.5) is 0 Å². The van der Waals surface area contributed by atoms with Crippen LogP contribution < -0.4 is 25.1 Å². The van der Waals surface area contributed by atoms with Crippen molar-refractivity contribution in [2.24, 2.45) is 0 Å². The largest absolute Gasteiger partial charge is 0.493 e. The first kappa shape index (κ1) is 19.4. The molecular weight excluding hydrogens is 360 g/mol. The fourth-order valence-corrected chi connectivity index (χ4v) is 2.49. The van der Waals surface area contributed by atoms with Gasteiger partial charge in [-0.3, -0.25) is 20.4 Å². The monoisotopic (exact) mass is 378 g/mol. The molecule has 26 heavy (non-hydrogen) atoms. The second-order valence-electron chi connectivity index (χ2n) is 5.22. The Kier molecular flexibility index (Phi) is 6.68. The number of hydrazine groups is 1. The van der Waals surface area contributed by atoms with E-state index in [0.717, 1.165) is 0 Å². The van der Waals surface area contributed by atoms with Crippen LogP contribution >= 0.6 is 11.6 Å². The molecule has 8 heteroatoms. The van der Waals surface area contributed by atoms with Crippen molar-refractivity contribution in [1.29, 1.82) is 0 Å². The van der Waals surface area contributed by atoms with Crippen LogP contribution in [0.1, 0.15) is 15.9 Å². The molecule has 2 rings (SSSR count). The van der Waals surface area contributed by atoms with Gasteiger partial charge in [-0.1, -0.05) is 17.7 Å². The van der Waals surface area contributed by atoms with Gasteiger partial charge in [0, 0.05) is 10.6 Å². The van der Waals surface area contributed by atoms with Crippen molar-refractivity contribution in [3.63, 3.8) is 0 Å². The molecule has 0 radical (unpaired) electrons. The summed E-state index contributed by atoms with van der Waals surface area (Å²) in [7, 11) is 4.48. The van der Waals surface area contributed by atoms with Gasteiger partial charge in [-0.05, 0) is 35.9 Å². The highest BCUT2D eigenvalue weighted by molar-refractivity contribution is 6.30. The van der Waals surface area contributed by atoms with E-state index in [2.05, 4.69) is 10.9 Å². The van der Waals surface area contributed by atoms with Crippen LogP contribution in [0.5, 0.6) is 17.2 Å². The van der Waals surface area contributed by atoms with Crippen LogP contribution in [0, 0.1) is 0 Å². The minimum Gasteiger partial charge on any atom is -0.493 e. The first-order chi connectivity index (χ1) is 12.5. The SMILES string of the molecule is COc1cc(CC(=O)NNC(=O)c2cccc(Cl)c2)cc(OC)c1OC. The molecular formula is C18H19ClN2O5. The summed E-state index contributed by atoms with van der Waals surface area (Å²) in [6.45, 7) is 0. The smallest absolute Gasteiger partial charge is 0.269 e. The number of halogens is 1. The number of hydrogen-bond donors (Lipinski definition) is 2. The molecule has 0 aliphatic carbocycles. The van der Waals surface area contributed by atoms with Crippen molar-refractivity contribution < 1.29 is 23.8 Å². The summed E-state index contributed by atoms with van der Waals surface area (Å²) in [5.74, 6) is 0.448. The Morgan fingerprint density at radius 1 is 0.962 bits per heavy atom. The second-order valence-corrected chi connectivity index (χ2v) is 5.66. The Hall–Kier alpha value is -2.93. The van der Waals surface area contributed by atoms with Crippen LogP contribution in [0.25, 0.3) is 0 Å². The Morgan fingerprint density at radius 2 is 1.62 bits per heavy atom. The van der Waals surface area contributed by atoms with E-state index < -0.39 is 11.8 Å². The molecule has 2 N–H and O–H groups in total. The number of benzene rings is 2. The quantitative estimate of drug-likeness (QED) is 0.754. The van der Waals surface area contributed by atoms with Gasteiger partial charge in [-0.2, -0.15) is 0 Å². The molecule has 0 aromatic heterocycles. The van der Waals surface area contributed by atoms with Crippen LogP contribution in [-0.2, 0) is 11.2 Å². The number of rotatable bonds is 6. The van der Waals surface area contributed by atoms with Gasteiger partial charge in [0.2, 0.25) is 11.7 Å². The van der Waals surface area contributed by atoms with Crippen molar-refractivity contribution in [2.45, 2.75) is 6.42 Å². The lowest BCUT2D eigenvalue weighted by molar-refractivity contribution is -0.121. The zero-order valence-electron chi connectivity index (χ0n) is 14.6. The molecule has 7 nitrogen and oxygen atoms in total. The molecule has 0 saturated heterocycles. The van der Waals surface area contributed by atoms with Crippen LogP contribution in [-0.4, -0.2) is 33.1 Å². The number of methoxy groups -OCH3 is 3. The van der Waals surface area contributed by atoms with Gasteiger partial charge < -0.3 is 14.2 Å². The third-order valence-electron chi connectivity index (χ3n) is 3.49. The van der Waals surface area contributed by atoms with Gasteiger partial charge >= 0.3 is 0 Å². The van der Waals surface area contributed by atoms with E-state index in [0.29, 0.717) is 33.4 Å². The molecule has 2 aromatic rings. The van der Waals surface area contributed by atoms with E-state index in [-0.39, 0.29) is 6.42 Å². The summed E-state index contributed by atoms with van der Waals surface area (Å²) in [6.07, 6.45) is 0.00649. The van der Waals surface area contributed by atoms with Gasteiger partial charge in [-0.25, -0.2) is 0 Å². The zero-order valence-corrected chi connectivity index (χ0v) is 15.3. The van der Waals surface area contributed by atoms with E-state index in [1.54, 1.807) is 30.3 Å². The number of amides is 2. The Labute approximate surface area is 156 Å². The summed E-state index contributed by atoms with van der Waals surface area (Å²) in [4.78, 5) is 24.1. The summed E-state index contributed by atoms with van der Waals surface area (Å²) >= 11 is 5.84. The highest BCUT2D eigenvalue weighted by Crippen LogP contribution is 2.38. The average Bonchev–Trinajstić information content (AvgIpc) is 2.65. The highest BCUT2D eigenvalue weighted by atomic mass is 35.5. The topological polar surface area (TPSA) is 85.9 Å². The molecule has 0 fully saturated rings. The number of nitrogens with one attached hydrogen (secondary N) is 2. The Balaban J connectivity index is 2.02. The minimum absolute atomic E-state index is 0.00649. The molecule has 0 aliphatic heterocycles. The van der Waals surface area contributed by atoms with Gasteiger partial charge in [0.15, 0.2) is 11.5 Å². The fraction of sp³-hybridized carbons (Fsp3) is 0.222. The van der Waals surface area contributed by atoms with Crippen LogP contribution in [0.15, 0.2) is 36.4 Å². The van der Waals surface area contributed by atoms with Crippen LogP contribution in [0.3, 0.4) is 0 Å². The number of hydrogen-bond acceptors (Lipinski definition) is 5. The summed E-state index contributed by atoms with van der Waals surface area (Å²) in [6, 6.07) is 9.73. The molecule has 0 saturated carbocycles. The zero-order chi connectivity index (χ0) is 19.1. The minimum atomic E-state index is -0.467. The van der Waals surface area contributed by atoms with E-state index >= 15 is 0 Å². The van der Waals surface area contributed by atoms with Crippen molar-refractivity contribution in [3.8, 4) is 17.2 Å². The summed E-state index contributed by atoms with van der Waals surface area (Å²) < 4.78 is 15.7. The molecule has 2 aromatic carbocycles. The summed E-state index contributed by atoms with van der Waals surface area (Å²) in [5.41, 5.74) is 5.67. The van der Waals surface area contributed by atoms with Crippen molar-refractivity contribution in [3.05, 3.63) is 52.5 Å². The first-order valence-corrected chi connectivity index (χ1v) is 8.00. The standard InChI is InChI=1S/C18H19ClN2O5/c1-24-14-7-11(8-15(25-2)17(14)26-3)9-16(22)20-21-18(23)12-5-4-6-13(19)10-12/h4-8,10H,9H2,1-3H3,(H,20,22)(H,21,23). The normalized spacial score (nSPS) is 10.0. The van der Waals surface area contributed by atoms with Gasteiger partial charge in [0.25, 0.3) is 5.91 Å². The van der Waals surface area contributed by atoms with E-state index in [1.165, 1.54) is 27.4 Å². The van der Waals surface area contributed by atoms with Crippen molar-refractivity contribution in [2.75, 3.05) is 21.3 Å². The maximum Gasteiger partial charge on any atom is 0.269 e. The highest BCUT2D eigenvalue weighted by Gasteiger charge is 2.15. The molecule has 0 bridgehead atoms. The maximum atomic E-state index is 12.1.